The van der Waals surface area contributed by atoms with Gasteiger partial charge in [-0.3, -0.25) is 0 Å². The number of likely N-dealkylation sites (N-methyl/N-ethyl adjacent to an activating group) is 1. The number of hydrogen-bond donors (Lipinski definition) is 2. The number of nitrogens with one attached hydrogen (secondary N) is 1. The molecule has 92 valence electrons. The first-order chi connectivity index (χ1) is 7.24. The summed E-state index contributed by atoms with van der Waals surface area (Å²) in [6, 6.07) is 0. The molecule has 0 heterocycles. The molecule has 0 aromatic heterocycles. The van der Waals surface area contributed by atoms with E-state index in [4.69, 9.17) is 4.74 Å². The molecular formula is C12H27NO2. The molecule has 0 amide bonds. The minimum atomic E-state index is -0.376. The molecule has 2 N–H and O–H groups in total. The molecular weight excluding hydrogens is 190 g/mol. The number of aliphatic hydroxyl groups is 1. The Labute approximate surface area is 94.2 Å². The predicted molar refractivity (Wildman–Crippen MR) is 64.1 cm³/mol. The fourth-order valence-corrected chi connectivity index (χ4v) is 1.56. The molecule has 0 fully saturated rings. The van der Waals surface area contributed by atoms with E-state index in [1.807, 2.05) is 7.05 Å². The van der Waals surface area contributed by atoms with Crippen molar-refractivity contribution in [3.05, 3.63) is 0 Å². The van der Waals surface area contributed by atoms with Gasteiger partial charge in [0.2, 0.25) is 0 Å². The summed E-state index contributed by atoms with van der Waals surface area (Å²) in [5.74, 6) is 0.659. The summed E-state index contributed by atoms with van der Waals surface area (Å²) in [5, 5.41) is 12.3. The maximum absolute atomic E-state index is 9.42. The maximum atomic E-state index is 9.42. The van der Waals surface area contributed by atoms with Crippen LogP contribution in [0, 0.1) is 5.92 Å². The van der Waals surface area contributed by atoms with E-state index in [1.165, 1.54) is 25.7 Å². The van der Waals surface area contributed by atoms with E-state index in [1.54, 1.807) is 0 Å². The molecule has 2 atom stereocenters. The van der Waals surface area contributed by atoms with Crippen LogP contribution in [0.5, 0.6) is 0 Å². The average Bonchev–Trinajstić information content (AvgIpc) is 2.23. The molecule has 0 spiro atoms. The molecule has 0 radical (unpaired) electrons. The third-order valence-corrected chi connectivity index (χ3v) is 2.65. The summed E-state index contributed by atoms with van der Waals surface area (Å²) in [5.41, 5.74) is 0. The van der Waals surface area contributed by atoms with Gasteiger partial charge in [-0.05, 0) is 19.4 Å². The third-order valence-electron chi connectivity index (χ3n) is 2.65. The van der Waals surface area contributed by atoms with Gasteiger partial charge in [-0.25, -0.2) is 0 Å². The second kappa shape index (κ2) is 10.4. The Bertz CT molecular complexity index is 131. The molecule has 0 aromatic carbocycles. The first-order valence-corrected chi connectivity index (χ1v) is 6.14. The van der Waals surface area contributed by atoms with Crippen molar-refractivity contribution in [2.24, 2.45) is 5.92 Å². The smallest absolute Gasteiger partial charge is 0.0897 e. The Hall–Kier alpha value is -0.120. The van der Waals surface area contributed by atoms with E-state index in [-0.39, 0.29) is 6.10 Å². The Morgan fingerprint density at radius 2 is 2.00 bits per heavy atom. The third kappa shape index (κ3) is 8.85. The van der Waals surface area contributed by atoms with E-state index in [9.17, 15) is 5.11 Å². The quantitative estimate of drug-likeness (QED) is 0.586. The van der Waals surface area contributed by atoms with Gasteiger partial charge in [0.15, 0.2) is 0 Å². The van der Waals surface area contributed by atoms with Gasteiger partial charge in [0.25, 0.3) is 0 Å². The first-order valence-electron chi connectivity index (χ1n) is 6.14. The highest BCUT2D eigenvalue weighted by molar-refractivity contribution is 4.59. The van der Waals surface area contributed by atoms with Crippen LogP contribution < -0.4 is 5.32 Å². The van der Waals surface area contributed by atoms with Gasteiger partial charge >= 0.3 is 0 Å². The van der Waals surface area contributed by atoms with Crippen LogP contribution >= 0.6 is 0 Å². The van der Waals surface area contributed by atoms with E-state index in [0.29, 0.717) is 19.1 Å². The summed E-state index contributed by atoms with van der Waals surface area (Å²) >= 11 is 0. The lowest BCUT2D eigenvalue weighted by Crippen LogP contribution is -2.28. The highest BCUT2D eigenvalue weighted by Gasteiger charge is 2.08. The second-order valence-electron chi connectivity index (χ2n) is 4.17. The topological polar surface area (TPSA) is 41.5 Å². The predicted octanol–water partition coefficient (Wildman–Crippen LogP) is 1.80. The van der Waals surface area contributed by atoms with E-state index < -0.39 is 0 Å². The SMILES string of the molecule is CCCCC(CC)COCC(O)CNC. The lowest BCUT2D eigenvalue weighted by Gasteiger charge is -2.16. The van der Waals surface area contributed by atoms with E-state index >= 15 is 0 Å². The van der Waals surface area contributed by atoms with Gasteiger partial charge < -0.3 is 15.2 Å². The standard InChI is InChI=1S/C12H27NO2/c1-4-6-7-11(5-2)9-15-10-12(14)8-13-3/h11-14H,4-10H2,1-3H3. The molecule has 0 saturated heterocycles. The van der Waals surface area contributed by atoms with Crippen LogP contribution in [0.1, 0.15) is 39.5 Å². The van der Waals surface area contributed by atoms with Crippen LogP contribution in [-0.4, -0.2) is 38.0 Å². The number of aliphatic hydroxyl groups excluding tert-OH is 1. The molecule has 2 unspecified atom stereocenters. The molecule has 0 aliphatic heterocycles. The van der Waals surface area contributed by atoms with Crippen molar-refractivity contribution in [1.82, 2.24) is 5.32 Å². The second-order valence-corrected chi connectivity index (χ2v) is 4.17. The number of ether oxygens (including phenoxy) is 1. The van der Waals surface area contributed by atoms with E-state index in [0.717, 1.165) is 6.61 Å². The molecule has 0 rings (SSSR count). The van der Waals surface area contributed by atoms with Crippen molar-refractivity contribution in [2.75, 3.05) is 26.8 Å². The maximum Gasteiger partial charge on any atom is 0.0897 e. The monoisotopic (exact) mass is 217 g/mol. The molecule has 3 heteroatoms. The number of rotatable bonds is 10. The van der Waals surface area contributed by atoms with Gasteiger partial charge in [0.05, 0.1) is 12.7 Å². The summed E-state index contributed by atoms with van der Waals surface area (Å²) in [6.07, 6.45) is 4.57. The summed E-state index contributed by atoms with van der Waals surface area (Å²) in [7, 11) is 1.83. The number of hydrogen-bond acceptors (Lipinski definition) is 3. The van der Waals surface area contributed by atoms with Crippen LogP contribution in [-0.2, 0) is 4.74 Å². The normalized spacial score (nSPS) is 15.2. The van der Waals surface area contributed by atoms with E-state index in [2.05, 4.69) is 19.2 Å². The Morgan fingerprint density at radius 3 is 2.53 bits per heavy atom. The zero-order valence-corrected chi connectivity index (χ0v) is 10.5. The molecule has 3 nitrogen and oxygen atoms in total. The van der Waals surface area contributed by atoms with Crippen LogP contribution in [0.15, 0.2) is 0 Å². The Morgan fingerprint density at radius 1 is 1.27 bits per heavy atom. The van der Waals surface area contributed by atoms with Crippen LogP contribution in [0.25, 0.3) is 0 Å². The molecule has 15 heavy (non-hydrogen) atoms. The zero-order valence-electron chi connectivity index (χ0n) is 10.5. The van der Waals surface area contributed by atoms with Crippen LogP contribution in [0.4, 0.5) is 0 Å². The fourth-order valence-electron chi connectivity index (χ4n) is 1.56. The zero-order chi connectivity index (χ0) is 11.5. The van der Waals surface area contributed by atoms with Crippen molar-refractivity contribution >= 4 is 0 Å². The largest absolute Gasteiger partial charge is 0.389 e. The molecule has 0 aliphatic rings. The van der Waals surface area contributed by atoms with Crippen molar-refractivity contribution in [2.45, 2.75) is 45.6 Å². The molecule has 0 saturated carbocycles. The van der Waals surface area contributed by atoms with Crippen molar-refractivity contribution < 1.29 is 9.84 Å². The van der Waals surface area contributed by atoms with Gasteiger partial charge in [-0.1, -0.05) is 33.1 Å². The van der Waals surface area contributed by atoms with Crippen molar-refractivity contribution in [3.8, 4) is 0 Å². The van der Waals surface area contributed by atoms with Gasteiger partial charge in [0.1, 0.15) is 0 Å². The molecule has 0 bridgehead atoms. The fraction of sp³-hybridized carbons (Fsp3) is 1.00. The lowest BCUT2D eigenvalue weighted by molar-refractivity contribution is 0.0201. The minimum absolute atomic E-state index is 0.376. The molecule has 0 aromatic rings. The van der Waals surface area contributed by atoms with Gasteiger partial charge in [-0.15, -0.1) is 0 Å². The van der Waals surface area contributed by atoms with Crippen molar-refractivity contribution in [1.29, 1.82) is 0 Å². The van der Waals surface area contributed by atoms with Crippen LogP contribution in [0.2, 0.25) is 0 Å². The Balaban J connectivity index is 3.44. The van der Waals surface area contributed by atoms with Crippen LogP contribution in [0.3, 0.4) is 0 Å². The Kier molecular flexibility index (Phi) is 10.3. The van der Waals surface area contributed by atoms with Crippen molar-refractivity contribution in [3.63, 3.8) is 0 Å². The lowest BCUT2D eigenvalue weighted by atomic mass is 10.0. The highest BCUT2D eigenvalue weighted by Crippen LogP contribution is 2.12. The minimum Gasteiger partial charge on any atom is -0.389 e. The van der Waals surface area contributed by atoms with Gasteiger partial charge in [0, 0.05) is 13.2 Å². The van der Waals surface area contributed by atoms with Gasteiger partial charge in [-0.2, -0.15) is 0 Å². The summed E-state index contributed by atoms with van der Waals surface area (Å²) < 4.78 is 5.51. The number of unbranched alkanes of at least 4 members (excludes halogenated alkanes) is 1. The highest BCUT2D eigenvalue weighted by atomic mass is 16.5. The average molecular weight is 217 g/mol. The summed E-state index contributed by atoms with van der Waals surface area (Å²) in [6.45, 7) is 6.25. The molecule has 0 aliphatic carbocycles. The first kappa shape index (κ1) is 14.9. The summed E-state index contributed by atoms with van der Waals surface area (Å²) in [4.78, 5) is 0.